The molecule has 2 aliphatic rings. The first-order chi connectivity index (χ1) is 15.2. The van der Waals surface area contributed by atoms with Gasteiger partial charge in [0.2, 0.25) is 0 Å². The number of anilines is 1. The topological polar surface area (TPSA) is 48.1 Å². The Balaban J connectivity index is 1.17. The minimum atomic E-state index is -0.0582. The van der Waals surface area contributed by atoms with Gasteiger partial charge in [-0.2, -0.15) is 0 Å². The van der Waals surface area contributed by atoms with E-state index in [1.54, 1.807) is 0 Å². The van der Waals surface area contributed by atoms with Gasteiger partial charge in [-0.05, 0) is 43.1 Å². The molecule has 0 aromatic heterocycles. The van der Waals surface area contributed by atoms with Gasteiger partial charge >= 0.3 is 0 Å². The highest BCUT2D eigenvalue weighted by Crippen LogP contribution is 2.28. The lowest BCUT2D eigenvalue weighted by Gasteiger charge is -2.34. The first kappa shape index (κ1) is 21.7. The molecule has 4 rings (SSSR count). The number of rotatable bonds is 8. The number of para-hydroxylation sites is 2. The molecule has 1 saturated heterocycles. The quantitative estimate of drug-likeness (QED) is 0.662. The van der Waals surface area contributed by atoms with Crippen LogP contribution in [0.5, 0.6) is 5.75 Å². The molecule has 0 unspecified atom stereocenters. The molecule has 0 radical (unpaired) electrons. The van der Waals surface area contributed by atoms with Gasteiger partial charge in [-0.25, -0.2) is 0 Å². The van der Waals surface area contributed by atoms with Gasteiger partial charge in [-0.3, -0.25) is 9.69 Å². The van der Waals surface area contributed by atoms with E-state index >= 15 is 0 Å². The van der Waals surface area contributed by atoms with Crippen molar-refractivity contribution in [3.8, 4) is 5.75 Å². The molecule has 0 spiro atoms. The molecule has 2 aromatic carbocycles. The number of ether oxygens (including phenoxy) is 1. The number of amides is 1. The van der Waals surface area contributed by atoms with Crippen LogP contribution >= 0.6 is 0 Å². The molecule has 166 valence electrons. The summed E-state index contributed by atoms with van der Waals surface area (Å²) in [5, 5.41) is 3.01. The van der Waals surface area contributed by atoms with E-state index in [2.05, 4.69) is 57.4 Å². The average molecular weight is 423 g/mol. The van der Waals surface area contributed by atoms with Crippen LogP contribution in [0, 0.1) is 0 Å². The first-order valence-corrected chi connectivity index (χ1v) is 11.4. The number of hydrogen-bond donors (Lipinski definition) is 1. The van der Waals surface area contributed by atoms with Crippen LogP contribution in [0.15, 0.2) is 48.5 Å². The fourth-order valence-corrected chi connectivity index (χ4v) is 4.36. The third-order valence-corrected chi connectivity index (χ3v) is 6.25. The molecule has 6 nitrogen and oxygen atoms in total. The second-order valence-electron chi connectivity index (χ2n) is 8.55. The van der Waals surface area contributed by atoms with Gasteiger partial charge in [0, 0.05) is 52.4 Å². The molecule has 1 N–H and O–H groups in total. The summed E-state index contributed by atoms with van der Waals surface area (Å²) in [6.45, 7) is 7.88. The predicted molar refractivity (Wildman–Crippen MR) is 125 cm³/mol. The molecule has 31 heavy (non-hydrogen) atoms. The van der Waals surface area contributed by atoms with E-state index in [1.165, 1.54) is 11.1 Å². The summed E-state index contributed by atoms with van der Waals surface area (Å²) in [7, 11) is 2.15. The average Bonchev–Trinajstić information content (AvgIpc) is 2.81. The van der Waals surface area contributed by atoms with Crippen LogP contribution in [0.2, 0.25) is 0 Å². The maximum absolute atomic E-state index is 12.3. The number of benzene rings is 2. The van der Waals surface area contributed by atoms with E-state index in [0.29, 0.717) is 6.54 Å². The van der Waals surface area contributed by atoms with Crippen LogP contribution in [-0.4, -0.2) is 75.2 Å². The summed E-state index contributed by atoms with van der Waals surface area (Å²) < 4.78 is 5.89. The van der Waals surface area contributed by atoms with Crippen LogP contribution in [0.3, 0.4) is 0 Å². The van der Waals surface area contributed by atoms with Gasteiger partial charge in [0.05, 0.1) is 5.69 Å². The van der Waals surface area contributed by atoms with Crippen molar-refractivity contribution in [3.05, 3.63) is 59.7 Å². The smallest absolute Gasteiger partial charge is 0.257 e. The number of fused-ring (bicyclic) bond motifs is 1. The largest absolute Gasteiger partial charge is 0.482 e. The molecule has 1 fully saturated rings. The summed E-state index contributed by atoms with van der Waals surface area (Å²) >= 11 is 0. The van der Waals surface area contributed by atoms with E-state index < -0.39 is 0 Å². The zero-order valence-electron chi connectivity index (χ0n) is 18.6. The lowest BCUT2D eigenvalue weighted by Crippen LogP contribution is -2.44. The fraction of sp³-hybridized carbons (Fsp3) is 0.480. The Morgan fingerprint density at radius 3 is 2.55 bits per heavy atom. The molecular formula is C25H34N4O2. The highest BCUT2D eigenvalue weighted by molar-refractivity contribution is 5.77. The van der Waals surface area contributed by atoms with E-state index in [4.69, 9.17) is 4.74 Å². The van der Waals surface area contributed by atoms with Gasteiger partial charge < -0.3 is 19.9 Å². The van der Waals surface area contributed by atoms with Crippen molar-refractivity contribution in [2.75, 3.05) is 64.4 Å². The molecule has 2 aromatic rings. The van der Waals surface area contributed by atoms with Crippen molar-refractivity contribution in [1.29, 1.82) is 0 Å². The van der Waals surface area contributed by atoms with Crippen molar-refractivity contribution in [3.63, 3.8) is 0 Å². The van der Waals surface area contributed by atoms with Crippen LogP contribution in [0.1, 0.15) is 17.5 Å². The van der Waals surface area contributed by atoms with Crippen LogP contribution in [0.4, 0.5) is 5.69 Å². The standard InChI is InChI=1S/C25H34N4O2/c1-27-15-17-29(18-16-27)23-9-4-5-10-24(23)31-20-25(30)26-12-6-13-28-14-11-21-7-2-3-8-22(21)19-28/h2-5,7-10H,6,11-20H2,1H3,(H,26,30). The van der Waals surface area contributed by atoms with Crippen molar-refractivity contribution in [1.82, 2.24) is 15.1 Å². The second-order valence-corrected chi connectivity index (χ2v) is 8.55. The third kappa shape index (κ3) is 5.99. The lowest BCUT2D eigenvalue weighted by molar-refractivity contribution is -0.123. The number of nitrogens with zero attached hydrogens (tertiary/aromatic N) is 3. The summed E-state index contributed by atoms with van der Waals surface area (Å²) in [5.74, 6) is 0.728. The number of likely N-dealkylation sites (N-methyl/N-ethyl adjacent to an activating group) is 1. The van der Waals surface area contributed by atoms with E-state index in [9.17, 15) is 4.79 Å². The first-order valence-electron chi connectivity index (χ1n) is 11.4. The van der Waals surface area contributed by atoms with Gasteiger partial charge in [0.25, 0.3) is 5.91 Å². The maximum atomic E-state index is 12.3. The Hall–Kier alpha value is -2.57. The highest BCUT2D eigenvalue weighted by atomic mass is 16.5. The SMILES string of the molecule is CN1CCN(c2ccccc2OCC(=O)NCCCN2CCc3ccccc3C2)CC1. The Labute approximate surface area is 185 Å². The Morgan fingerprint density at radius 1 is 0.968 bits per heavy atom. The molecule has 2 aliphatic heterocycles. The number of carbonyl (C=O) groups excluding carboxylic acids is 1. The minimum absolute atomic E-state index is 0.0574. The number of hydrogen-bond acceptors (Lipinski definition) is 5. The van der Waals surface area contributed by atoms with Crippen LogP contribution in [0.25, 0.3) is 0 Å². The fourth-order valence-electron chi connectivity index (χ4n) is 4.36. The molecule has 0 aliphatic carbocycles. The summed E-state index contributed by atoms with van der Waals surface area (Å²) in [5.41, 5.74) is 3.99. The van der Waals surface area contributed by atoms with Crippen molar-refractivity contribution in [2.24, 2.45) is 0 Å². The maximum Gasteiger partial charge on any atom is 0.257 e. The zero-order chi connectivity index (χ0) is 21.5. The van der Waals surface area contributed by atoms with Gasteiger partial charge in [0.15, 0.2) is 6.61 Å². The number of carbonyl (C=O) groups is 1. The van der Waals surface area contributed by atoms with Gasteiger partial charge in [0.1, 0.15) is 5.75 Å². The molecule has 6 heteroatoms. The highest BCUT2D eigenvalue weighted by Gasteiger charge is 2.18. The van der Waals surface area contributed by atoms with Crippen LogP contribution in [-0.2, 0) is 17.8 Å². The molecule has 0 bridgehead atoms. The third-order valence-electron chi connectivity index (χ3n) is 6.25. The molecule has 0 saturated carbocycles. The summed E-state index contributed by atoms with van der Waals surface area (Å²) in [6, 6.07) is 16.7. The van der Waals surface area contributed by atoms with Crippen molar-refractivity contribution >= 4 is 11.6 Å². The zero-order valence-corrected chi connectivity index (χ0v) is 18.6. The monoisotopic (exact) mass is 422 g/mol. The van der Waals surface area contributed by atoms with E-state index in [-0.39, 0.29) is 12.5 Å². The Kier molecular flexibility index (Phi) is 7.43. The Bertz CT molecular complexity index is 864. The summed E-state index contributed by atoms with van der Waals surface area (Å²) in [6.07, 6.45) is 2.06. The molecular weight excluding hydrogens is 388 g/mol. The normalized spacial score (nSPS) is 17.3. The van der Waals surface area contributed by atoms with Gasteiger partial charge in [-0.1, -0.05) is 36.4 Å². The minimum Gasteiger partial charge on any atom is -0.482 e. The number of piperazine rings is 1. The summed E-state index contributed by atoms with van der Waals surface area (Å²) in [4.78, 5) is 19.4. The lowest BCUT2D eigenvalue weighted by atomic mass is 10.00. The molecule has 2 heterocycles. The van der Waals surface area contributed by atoms with Crippen LogP contribution < -0.4 is 15.0 Å². The number of nitrogens with one attached hydrogen (secondary N) is 1. The molecule has 1 amide bonds. The predicted octanol–water partition coefficient (Wildman–Crippen LogP) is 2.38. The van der Waals surface area contributed by atoms with Gasteiger partial charge in [-0.15, -0.1) is 0 Å². The molecule has 0 atom stereocenters. The second kappa shape index (κ2) is 10.6. The Morgan fingerprint density at radius 2 is 1.71 bits per heavy atom. The van der Waals surface area contributed by atoms with E-state index in [0.717, 1.165) is 70.1 Å². The van der Waals surface area contributed by atoms with E-state index in [1.807, 2.05) is 18.2 Å². The van der Waals surface area contributed by atoms with Crippen molar-refractivity contribution in [2.45, 2.75) is 19.4 Å². The van der Waals surface area contributed by atoms with Crippen molar-refractivity contribution < 1.29 is 9.53 Å².